The Morgan fingerprint density at radius 2 is 1.72 bits per heavy atom. The molecule has 0 saturated carbocycles. The highest BCUT2D eigenvalue weighted by atomic mass is 35.5. The molecule has 32 heavy (non-hydrogen) atoms. The number of hydrogen-bond acceptors (Lipinski definition) is 5. The minimum atomic E-state index is -0.757. The Kier molecular flexibility index (Phi) is 7.82. The molecule has 1 saturated heterocycles. The van der Waals surface area contributed by atoms with Gasteiger partial charge in [0.05, 0.1) is 28.8 Å². The van der Waals surface area contributed by atoms with Crippen molar-refractivity contribution < 1.29 is 24.2 Å². The summed E-state index contributed by atoms with van der Waals surface area (Å²) in [6.07, 6.45) is 1.41. The molecule has 1 amide bonds. The number of benzene rings is 2. The molecule has 1 heterocycles. The van der Waals surface area contributed by atoms with Gasteiger partial charge in [-0.1, -0.05) is 54.4 Å². The van der Waals surface area contributed by atoms with Gasteiger partial charge in [-0.05, 0) is 36.1 Å². The number of carbonyl (C=O) groups excluding carboxylic acids is 2. The van der Waals surface area contributed by atoms with Gasteiger partial charge in [-0.3, -0.25) is 9.59 Å². The second-order valence-electron chi connectivity index (χ2n) is 7.41. The molecule has 2 aromatic carbocycles. The molecule has 1 aliphatic rings. The third-order valence-electron chi connectivity index (χ3n) is 5.47. The number of hydrogen-bond donors (Lipinski definition) is 1. The van der Waals surface area contributed by atoms with E-state index in [2.05, 4.69) is 0 Å². The van der Waals surface area contributed by atoms with Gasteiger partial charge in [-0.25, -0.2) is 0 Å². The molecule has 6 nitrogen and oxygen atoms in total. The quantitative estimate of drug-likeness (QED) is 0.250. The summed E-state index contributed by atoms with van der Waals surface area (Å²) >= 11 is 12.5. The van der Waals surface area contributed by atoms with Crippen LogP contribution in [0.15, 0.2) is 42.0 Å². The van der Waals surface area contributed by atoms with Crippen molar-refractivity contribution in [1.82, 2.24) is 4.90 Å². The van der Waals surface area contributed by atoms with Gasteiger partial charge >= 0.3 is 0 Å². The van der Waals surface area contributed by atoms with Crippen LogP contribution in [0.3, 0.4) is 0 Å². The molecule has 0 spiro atoms. The molecule has 0 aromatic heterocycles. The van der Waals surface area contributed by atoms with Crippen LogP contribution in [0, 0.1) is 0 Å². The Balaban J connectivity index is 2.15. The van der Waals surface area contributed by atoms with E-state index in [0.717, 1.165) is 17.5 Å². The Morgan fingerprint density at radius 3 is 2.25 bits per heavy atom. The zero-order valence-corrected chi connectivity index (χ0v) is 19.7. The number of Topliss-reactive ketones (excluding diaryl/α,β-unsaturated/α-hetero) is 1. The van der Waals surface area contributed by atoms with Crippen molar-refractivity contribution in [3.8, 4) is 5.75 Å². The first-order valence-corrected chi connectivity index (χ1v) is 11.0. The van der Waals surface area contributed by atoms with E-state index < -0.39 is 17.7 Å². The maximum Gasteiger partial charge on any atom is 0.295 e. The number of likely N-dealkylation sites (tertiary alicyclic amines) is 1. The number of methoxy groups -OCH3 is 2. The third-order valence-corrected chi connectivity index (χ3v) is 6.03. The Hall–Kier alpha value is -2.54. The molecule has 1 unspecified atom stereocenters. The molecule has 3 rings (SSSR count). The van der Waals surface area contributed by atoms with Gasteiger partial charge in [0.25, 0.3) is 11.7 Å². The van der Waals surface area contributed by atoms with Crippen LogP contribution in [-0.2, 0) is 20.7 Å². The predicted molar refractivity (Wildman–Crippen MR) is 124 cm³/mol. The van der Waals surface area contributed by atoms with Crippen LogP contribution >= 0.6 is 23.2 Å². The Labute approximate surface area is 197 Å². The average molecular weight is 478 g/mol. The first-order chi connectivity index (χ1) is 15.3. The Bertz CT molecular complexity index is 1030. The van der Waals surface area contributed by atoms with E-state index in [4.69, 9.17) is 32.7 Å². The summed E-state index contributed by atoms with van der Waals surface area (Å²) < 4.78 is 10.3. The standard InChI is InChI=1S/C24H25Cl2NO5/c1-4-14-6-8-15(9-7-14)20-19(22(29)24(30)27(20)10-5-11-31-2)21(28)16-12-17(25)23(32-3)18(26)13-16/h6-9,12-13,20,28H,4-5,10-11H2,1-3H3/b21-19+. The monoisotopic (exact) mass is 477 g/mol. The number of aliphatic hydroxyl groups excluding tert-OH is 1. The van der Waals surface area contributed by atoms with Gasteiger partial charge in [0.2, 0.25) is 0 Å². The van der Waals surface area contributed by atoms with Crippen LogP contribution in [-0.4, -0.2) is 49.1 Å². The molecule has 0 bridgehead atoms. The smallest absolute Gasteiger partial charge is 0.295 e. The van der Waals surface area contributed by atoms with Crippen molar-refractivity contribution in [2.24, 2.45) is 0 Å². The minimum absolute atomic E-state index is 0.00559. The summed E-state index contributed by atoms with van der Waals surface area (Å²) in [4.78, 5) is 27.4. The van der Waals surface area contributed by atoms with Crippen molar-refractivity contribution in [2.45, 2.75) is 25.8 Å². The molecule has 1 aliphatic heterocycles. The minimum Gasteiger partial charge on any atom is -0.507 e. The van der Waals surface area contributed by atoms with Crippen LogP contribution in [0.25, 0.3) is 5.76 Å². The van der Waals surface area contributed by atoms with E-state index in [0.29, 0.717) is 19.6 Å². The van der Waals surface area contributed by atoms with E-state index in [-0.39, 0.29) is 32.7 Å². The SMILES string of the molecule is CCc1ccc(C2/C(=C(\O)c3cc(Cl)c(OC)c(Cl)c3)C(=O)C(=O)N2CCCOC)cc1. The summed E-state index contributed by atoms with van der Waals surface area (Å²) in [7, 11) is 3.00. The van der Waals surface area contributed by atoms with Crippen molar-refractivity contribution in [3.63, 3.8) is 0 Å². The van der Waals surface area contributed by atoms with Gasteiger partial charge in [0, 0.05) is 25.8 Å². The summed E-state index contributed by atoms with van der Waals surface area (Å²) in [5, 5.41) is 11.5. The number of aliphatic hydroxyl groups is 1. The van der Waals surface area contributed by atoms with E-state index in [1.54, 1.807) is 7.11 Å². The first-order valence-electron chi connectivity index (χ1n) is 10.2. The van der Waals surface area contributed by atoms with E-state index >= 15 is 0 Å². The predicted octanol–water partition coefficient (Wildman–Crippen LogP) is 5.02. The molecule has 170 valence electrons. The molecule has 1 N–H and O–H groups in total. The Morgan fingerprint density at radius 1 is 1.09 bits per heavy atom. The molecule has 8 heteroatoms. The molecular weight excluding hydrogens is 453 g/mol. The lowest BCUT2D eigenvalue weighted by molar-refractivity contribution is -0.140. The zero-order chi connectivity index (χ0) is 23.4. The number of ketones is 1. The molecule has 0 aliphatic carbocycles. The molecular formula is C24H25Cl2NO5. The van der Waals surface area contributed by atoms with Crippen molar-refractivity contribution in [1.29, 1.82) is 0 Å². The number of carbonyl (C=O) groups is 2. The molecule has 1 fully saturated rings. The number of rotatable bonds is 8. The van der Waals surface area contributed by atoms with Gasteiger partial charge in [-0.2, -0.15) is 0 Å². The summed E-state index contributed by atoms with van der Waals surface area (Å²) in [5.74, 6) is -1.50. The van der Waals surface area contributed by atoms with Crippen LogP contribution in [0.5, 0.6) is 5.75 Å². The molecule has 0 radical (unpaired) electrons. The fourth-order valence-electron chi connectivity index (χ4n) is 3.82. The normalized spacial score (nSPS) is 17.8. The maximum atomic E-state index is 13.0. The highest BCUT2D eigenvalue weighted by Gasteiger charge is 2.45. The van der Waals surface area contributed by atoms with Gasteiger partial charge < -0.3 is 19.5 Å². The number of nitrogens with zero attached hydrogens (tertiary/aromatic N) is 1. The molecule has 2 aromatic rings. The fourth-order valence-corrected chi connectivity index (χ4v) is 4.46. The summed E-state index contributed by atoms with van der Waals surface area (Å²) in [5.41, 5.74) is 2.07. The topological polar surface area (TPSA) is 76.1 Å². The van der Waals surface area contributed by atoms with Crippen molar-refractivity contribution in [3.05, 3.63) is 68.7 Å². The van der Waals surface area contributed by atoms with Crippen LogP contribution in [0.1, 0.15) is 36.1 Å². The lowest BCUT2D eigenvalue weighted by Gasteiger charge is -2.25. The van der Waals surface area contributed by atoms with E-state index in [1.807, 2.05) is 31.2 Å². The number of aryl methyl sites for hydroxylation is 1. The fraction of sp³-hybridized carbons (Fsp3) is 0.333. The number of ether oxygens (including phenoxy) is 2. The second-order valence-corrected chi connectivity index (χ2v) is 8.22. The van der Waals surface area contributed by atoms with Crippen LogP contribution < -0.4 is 4.74 Å². The highest BCUT2D eigenvalue weighted by Crippen LogP contribution is 2.42. The van der Waals surface area contributed by atoms with E-state index in [9.17, 15) is 14.7 Å². The van der Waals surface area contributed by atoms with Crippen LogP contribution in [0.4, 0.5) is 0 Å². The lowest BCUT2D eigenvalue weighted by atomic mass is 9.94. The van der Waals surface area contributed by atoms with Crippen molar-refractivity contribution in [2.75, 3.05) is 27.4 Å². The largest absolute Gasteiger partial charge is 0.507 e. The van der Waals surface area contributed by atoms with E-state index in [1.165, 1.54) is 24.1 Å². The average Bonchev–Trinajstić information content (AvgIpc) is 3.03. The number of amides is 1. The van der Waals surface area contributed by atoms with Crippen LogP contribution in [0.2, 0.25) is 10.0 Å². The third kappa shape index (κ3) is 4.63. The van der Waals surface area contributed by atoms with Gasteiger partial charge in [-0.15, -0.1) is 0 Å². The second kappa shape index (κ2) is 10.4. The van der Waals surface area contributed by atoms with Crippen molar-refractivity contribution >= 4 is 40.7 Å². The zero-order valence-electron chi connectivity index (χ0n) is 18.2. The summed E-state index contributed by atoms with van der Waals surface area (Å²) in [6, 6.07) is 9.82. The summed E-state index contributed by atoms with van der Waals surface area (Å²) in [6.45, 7) is 2.79. The lowest BCUT2D eigenvalue weighted by Crippen LogP contribution is -2.31. The molecule has 1 atom stereocenters. The van der Waals surface area contributed by atoms with Gasteiger partial charge in [0.1, 0.15) is 5.76 Å². The maximum absolute atomic E-state index is 13.0. The number of halogens is 2. The van der Waals surface area contributed by atoms with Gasteiger partial charge in [0.15, 0.2) is 5.75 Å². The highest BCUT2D eigenvalue weighted by molar-refractivity contribution is 6.46. The first kappa shape index (κ1) is 24.1.